The summed E-state index contributed by atoms with van der Waals surface area (Å²) in [7, 11) is 0. The highest BCUT2D eigenvalue weighted by molar-refractivity contribution is 6.34. The zero-order valence-electron chi connectivity index (χ0n) is 14.4. The number of nitrogens with one attached hydrogen (secondary N) is 2. The van der Waals surface area contributed by atoms with Crippen molar-refractivity contribution in [2.45, 2.75) is 51.5 Å². The Morgan fingerprint density at radius 3 is 2.44 bits per heavy atom. The van der Waals surface area contributed by atoms with E-state index in [4.69, 9.17) is 11.6 Å². The lowest BCUT2D eigenvalue weighted by molar-refractivity contribution is -0.144. The first kappa shape index (κ1) is 19.2. The minimum atomic E-state index is -1.24. The third-order valence-corrected chi connectivity index (χ3v) is 4.64. The maximum atomic E-state index is 12.6. The highest BCUT2D eigenvalue weighted by Gasteiger charge is 2.42. The summed E-state index contributed by atoms with van der Waals surface area (Å²) in [6.07, 6.45) is 2.68. The SMILES string of the molecule is CC(C)CC(=O)Nc1ccc(Cl)c(C(=O)NC2(C(=O)O)CCCC2)c1. The van der Waals surface area contributed by atoms with Gasteiger partial charge in [-0.15, -0.1) is 0 Å². The molecule has 2 amide bonds. The van der Waals surface area contributed by atoms with Crippen LogP contribution in [0.4, 0.5) is 5.69 Å². The molecule has 0 heterocycles. The lowest BCUT2D eigenvalue weighted by atomic mass is 9.97. The largest absolute Gasteiger partial charge is 0.480 e. The number of carbonyl (C=O) groups excluding carboxylic acids is 2. The second kappa shape index (κ2) is 7.87. The Bertz CT molecular complexity index is 682. The Labute approximate surface area is 151 Å². The van der Waals surface area contributed by atoms with Crippen molar-refractivity contribution in [2.75, 3.05) is 5.32 Å². The number of carboxylic acids is 1. The van der Waals surface area contributed by atoms with Gasteiger partial charge in [-0.05, 0) is 37.0 Å². The summed E-state index contributed by atoms with van der Waals surface area (Å²) in [5.41, 5.74) is -0.635. The van der Waals surface area contributed by atoms with Crippen molar-refractivity contribution in [1.29, 1.82) is 0 Å². The first-order chi connectivity index (χ1) is 11.7. The molecule has 0 unspecified atom stereocenters. The Hall–Kier alpha value is -2.08. The van der Waals surface area contributed by atoms with Crippen molar-refractivity contribution in [3.05, 3.63) is 28.8 Å². The van der Waals surface area contributed by atoms with Crippen LogP contribution in [0.1, 0.15) is 56.3 Å². The van der Waals surface area contributed by atoms with Crippen LogP contribution in [0, 0.1) is 5.92 Å². The fourth-order valence-corrected chi connectivity index (χ4v) is 3.22. The number of amides is 2. The number of carboxylic acid groups (broad SMARTS) is 1. The number of hydrogen-bond acceptors (Lipinski definition) is 3. The van der Waals surface area contributed by atoms with Gasteiger partial charge in [-0.3, -0.25) is 9.59 Å². The molecular formula is C18H23ClN2O4. The molecule has 0 aromatic heterocycles. The van der Waals surface area contributed by atoms with Crippen molar-refractivity contribution in [2.24, 2.45) is 5.92 Å². The number of anilines is 1. The van der Waals surface area contributed by atoms with E-state index < -0.39 is 17.4 Å². The summed E-state index contributed by atoms with van der Waals surface area (Å²) in [6.45, 7) is 3.88. The van der Waals surface area contributed by atoms with Crippen LogP contribution in [-0.2, 0) is 9.59 Å². The Kier molecular flexibility index (Phi) is 6.06. The molecule has 2 rings (SSSR count). The zero-order valence-corrected chi connectivity index (χ0v) is 15.2. The molecule has 0 saturated heterocycles. The fraction of sp³-hybridized carbons (Fsp3) is 0.500. The number of aliphatic carboxylic acids is 1. The number of hydrogen-bond donors (Lipinski definition) is 3. The quantitative estimate of drug-likeness (QED) is 0.718. The maximum absolute atomic E-state index is 12.6. The molecule has 1 fully saturated rings. The highest BCUT2D eigenvalue weighted by atomic mass is 35.5. The topological polar surface area (TPSA) is 95.5 Å². The molecule has 3 N–H and O–H groups in total. The van der Waals surface area contributed by atoms with E-state index in [1.54, 1.807) is 6.07 Å². The Morgan fingerprint density at radius 2 is 1.88 bits per heavy atom. The summed E-state index contributed by atoms with van der Waals surface area (Å²) in [4.78, 5) is 36.0. The molecular weight excluding hydrogens is 344 g/mol. The molecule has 1 aliphatic rings. The van der Waals surface area contributed by atoms with E-state index in [2.05, 4.69) is 10.6 Å². The smallest absolute Gasteiger partial charge is 0.329 e. The molecule has 6 nitrogen and oxygen atoms in total. The molecule has 0 spiro atoms. The lowest BCUT2D eigenvalue weighted by Gasteiger charge is -2.25. The van der Waals surface area contributed by atoms with Crippen molar-refractivity contribution in [1.82, 2.24) is 5.32 Å². The van der Waals surface area contributed by atoms with Gasteiger partial charge in [-0.25, -0.2) is 4.79 Å². The van der Waals surface area contributed by atoms with Crippen molar-refractivity contribution in [3.63, 3.8) is 0 Å². The number of benzene rings is 1. The summed E-state index contributed by atoms with van der Waals surface area (Å²) in [5, 5.41) is 15.0. The Morgan fingerprint density at radius 1 is 1.24 bits per heavy atom. The number of carbonyl (C=O) groups is 3. The van der Waals surface area contributed by atoms with Crippen LogP contribution >= 0.6 is 11.6 Å². The maximum Gasteiger partial charge on any atom is 0.329 e. The van der Waals surface area contributed by atoms with Gasteiger partial charge in [0.15, 0.2) is 0 Å². The summed E-state index contributed by atoms with van der Waals surface area (Å²) < 4.78 is 0. The van der Waals surface area contributed by atoms with Crippen molar-refractivity contribution < 1.29 is 19.5 Å². The van der Waals surface area contributed by atoms with E-state index in [1.165, 1.54) is 12.1 Å². The standard InChI is InChI=1S/C18H23ClN2O4/c1-11(2)9-15(22)20-12-5-6-14(19)13(10-12)16(23)21-18(17(24)25)7-3-4-8-18/h5-6,10-11H,3-4,7-9H2,1-2H3,(H,20,22)(H,21,23)(H,24,25). The van der Waals surface area contributed by atoms with Gasteiger partial charge in [0, 0.05) is 12.1 Å². The van der Waals surface area contributed by atoms with Crippen LogP contribution in [0.3, 0.4) is 0 Å². The van der Waals surface area contributed by atoms with E-state index in [1.807, 2.05) is 13.8 Å². The molecule has 1 aromatic rings. The van der Waals surface area contributed by atoms with Gasteiger partial charge in [0.2, 0.25) is 5.91 Å². The first-order valence-electron chi connectivity index (χ1n) is 8.39. The normalized spacial score (nSPS) is 15.8. The van der Waals surface area contributed by atoms with Crippen LogP contribution < -0.4 is 10.6 Å². The van der Waals surface area contributed by atoms with E-state index in [0.29, 0.717) is 24.9 Å². The molecule has 0 bridgehead atoms. The van der Waals surface area contributed by atoms with Crippen LogP contribution in [0.5, 0.6) is 0 Å². The second-order valence-corrected chi connectivity index (χ2v) is 7.30. The number of rotatable bonds is 6. The minimum absolute atomic E-state index is 0.150. The Balaban J connectivity index is 2.17. The van der Waals surface area contributed by atoms with Gasteiger partial charge >= 0.3 is 5.97 Å². The first-order valence-corrected chi connectivity index (χ1v) is 8.76. The van der Waals surface area contributed by atoms with Gasteiger partial charge in [0.05, 0.1) is 10.6 Å². The summed E-state index contributed by atoms with van der Waals surface area (Å²) in [5.74, 6) is -1.51. The minimum Gasteiger partial charge on any atom is -0.480 e. The van der Waals surface area contributed by atoms with E-state index in [9.17, 15) is 19.5 Å². The third-order valence-electron chi connectivity index (χ3n) is 4.31. The molecule has 0 atom stereocenters. The third kappa shape index (κ3) is 4.72. The summed E-state index contributed by atoms with van der Waals surface area (Å²) in [6, 6.07) is 4.60. The van der Waals surface area contributed by atoms with Crippen LogP contribution in [0.2, 0.25) is 5.02 Å². The summed E-state index contributed by atoms with van der Waals surface area (Å²) >= 11 is 6.10. The molecule has 7 heteroatoms. The molecule has 0 aliphatic heterocycles. The monoisotopic (exact) mass is 366 g/mol. The predicted molar refractivity (Wildman–Crippen MR) is 95.8 cm³/mol. The molecule has 1 saturated carbocycles. The van der Waals surface area contributed by atoms with E-state index >= 15 is 0 Å². The van der Waals surface area contributed by atoms with E-state index in [0.717, 1.165) is 12.8 Å². The van der Waals surface area contributed by atoms with Crippen LogP contribution in [-0.4, -0.2) is 28.4 Å². The van der Waals surface area contributed by atoms with Gasteiger partial charge in [0.25, 0.3) is 5.91 Å². The molecule has 25 heavy (non-hydrogen) atoms. The van der Waals surface area contributed by atoms with Crippen LogP contribution in [0.25, 0.3) is 0 Å². The van der Waals surface area contributed by atoms with Gasteiger partial charge in [-0.2, -0.15) is 0 Å². The highest BCUT2D eigenvalue weighted by Crippen LogP contribution is 2.31. The van der Waals surface area contributed by atoms with Gasteiger partial charge in [0.1, 0.15) is 5.54 Å². The fourth-order valence-electron chi connectivity index (χ4n) is 3.02. The average molecular weight is 367 g/mol. The lowest BCUT2D eigenvalue weighted by Crippen LogP contribution is -2.52. The molecule has 1 aliphatic carbocycles. The van der Waals surface area contributed by atoms with Crippen molar-refractivity contribution >= 4 is 35.1 Å². The molecule has 136 valence electrons. The van der Waals surface area contributed by atoms with Gasteiger partial charge < -0.3 is 15.7 Å². The number of halogens is 1. The predicted octanol–water partition coefficient (Wildman–Crippen LogP) is 3.45. The second-order valence-electron chi connectivity index (χ2n) is 6.89. The molecule has 0 radical (unpaired) electrons. The zero-order chi connectivity index (χ0) is 18.6. The average Bonchev–Trinajstić information content (AvgIpc) is 2.98. The van der Waals surface area contributed by atoms with E-state index in [-0.39, 0.29) is 22.4 Å². The van der Waals surface area contributed by atoms with Crippen molar-refractivity contribution in [3.8, 4) is 0 Å². The van der Waals surface area contributed by atoms with Crippen LogP contribution in [0.15, 0.2) is 18.2 Å². The molecule has 1 aromatic carbocycles. The van der Waals surface area contributed by atoms with Gasteiger partial charge in [-0.1, -0.05) is 38.3 Å².